The Morgan fingerprint density at radius 1 is 1.06 bits per heavy atom. The number of carbonyl (C=O) groups excluding carboxylic acids is 5. The highest BCUT2D eigenvalue weighted by Crippen LogP contribution is 2.30. The zero-order valence-electron chi connectivity index (χ0n) is 21.0. The molecular formula is C26H33N3O7. The molecule has 5 amide bonds. The van der Waals surface area contributed by atoms with Gasteiger partial charge in [-0.1, -0.05) is 12.1 Å². The first-order chi connectivity index (χ1) is 17.0. The van der Waals surface area contributed by atoms with E-state index in [0.717, 1.165) is 23.3 Å². The second-order valence-electron chi connectivity index (χ2n) is 10.4. The average molecular weight is 500 g/mol. The van der Waals surface area contributed by atoms with Crippen LogP contribution in [0.15, 0.2) is 18.2 Å². The summed E-state index contributed by atoms with van der Waals surface area (Å²) < 4.78 is 11.4. The van der Waals surface area contributed by atoms with Crippen LogP contribution >= 0.6 is 0 Å². The number of amides is 5. The van der Waals surface area contributed by atoms with E-state index in [4.69, 9.17) is 9.47 Å². The molecule has 0 aromatic heterocycles. The minimum Gasteiger partial charge on any atom is -0.444 e. The summed E-state index contributed by atoms with van der Waals surface area (Å²) in [6.45, 7) is 7.19. The van der Waals surface area contributed by atoms with Crippen LogP contribution in [-0.4, -0.2) is 77.0 Å². The predicted molar refractivity (Wildman–Crippen MR) is 128 cm³/mol. The van der Waals surface area contributed by atoms with Crippen LogP contribution in [0.4, 0.5) is 4.79 Å². The van der Waals surface area contributed by atoms with E-state index in [9.17, 15) is 24.0 Å². The monoisotopic (exact) mass is 499 g/mol. The number of ether oxygens (including phenoxy) is 2. The lowest BCUT2D eigenvalue weighted by atomic mass is 9.99. The predicted octanol–water partition coefficient (Wildman–Crippen LogP) is 2.44. The second-order valence-corrected chi connectivity index (χ2v) is 10.4. The number of nitrogens with zero attached hydrogens (tertiary/aromatic N) is 2. The molecule has 2 saturated heterocycles. The third-order valence-corrected chi connectivity index (χ3v) is 6.59. The van der Waals surface area contributed by atoms with Gasteiger partial charge in [0, 0.05) is 26.1 Å². The van der Waals surface area contributed by atoms with E-state index in [-0.39, 0.29) is 30.6 Å². The summed E-state index contributed by atoms with van der Waals surface area (Å²) in [5.74, 6) is -2.01. The smallest absolute Gasteiger partial charge is 0.410 e. The molecule has 0 radical (unpaired) electrons. The first-order valence-corrected chi connectivity index (χ1v) is 12.5. The average Bonchev–Trinajstić information content (AvgIpc) is 3.07. The quantitative estimate of drug-likeness (QED) is 0.471. The van der Waals surface area contributed by atoms with Crippen molar-refractivity contribution in [1.29, 1.82) is 0 Å². The zero-order valence-corrected chi connectivity index (χ0v) is 21.0. The first kappa shape index (κ1) is 25.8. The van der Waals surface area contributed by atoms with Crippen LogP contribution in [0.2, 0.25) is 0 Å². The summed E-state index contributed by atoms with van der Waals surface area (Å²) in [5.41, 5.74) is 0.840. The van der Waals surface area contributed by atoms with Crippen LogP contribution in [-0.2, 0) is 25.5 Å². The first-order valence-electron chi connectivity index (χ1n) is 12.5. The molecule has 4 rings (SSSR count). The van der Waals surface area contributed by atoms with E-state index in [1.165, 1.54) is 0 Å². The Bertz CT molecular complexity index is 1070. The van der Waals surface area contributed by atoms with Gasteiger partial charge in [-0.25, -0.2) is 4.79 Å². The van der Waals surface area contributed by atoms with Crippen molar-refractivity contribution in [3.63, 3.8) is 0 Å². The van der Waals surface area contributed by atoms with Gasteiger partial charge >= 0.3 is 6.09 Å². The Morgan fingerprint density at radius 3 is 2.44 bits per heavy atom. The summed E-state index contributed by atoms with van der Waals surface area (Å²) in [7, 11) is 0. The van der Waals surface area contributed by atoms with Crippen LogP contribution in [0.3, 0.4) is 0 Å². The van der Waals surface area contributed by atoms with Crippen molar-refractivity contribution in [2.24, 2.45) is 0 Å². The number of fused-ring (bicyclic) bond motifs is 1. The number of likely N-dealkylation sites (tertiary alicyclic amines) is 1. The van der Waals surface area contributed by atoms with Gasteiger partial charge in [0.1, 0.15) is 11.6 Å². The maximum absolute atomic E-state index is 13.2. The Balaban J connectivity index is 1.28. The number of rotatable bonds is 6. The molecule has 1 N–H and O–H groups in total. The van der Waals surface area contributed by atoms with E-state index in [0.29, 0.717) is 38.1 Å². The van der Waals surface area contributed by atoms with Crippen molar-refractivity contribution in [1.82, 2.24) is 15.1 Å². The van der Waals surface area contributed by atoms with Gasteiger partial charge in [0.2, 0.25) is 11.8 Å². The van der Waals surface area contributed by atoms with Gasteiger partial charge in [-0.05, 0) is 64.5 Å². The molecule has 0 spiro atoms. The van der Waals surface area contributed by atoms with Crippen LogP contribution in [0, 0.1) is 0 Å². The standard InChI is InChI=1S/C26H33N3O7/c1-26(2,3)36-25(34)28-13-11-17(12-14-28)35-15-5-7-16-6-4-8-18-21(16)24(33)29(23(18)32)19-9-10-20(30)27-22(19)31/h4,6,8,17,19H,5,7,9-15H2,1-3H3,(H,27,30,31). The summed E-state index contributed by atoms with van der Waals surface area (Å²) in [6.07, 6.45) is 2.63. The lowest BCUT2D eigenvalue weighted by Crippen LogP contribution is -2.54. The Morgan fingerprint density at radius 2 is 1.78 bits per heavy atom. The summed E-state index contributed by atoms with van der Waals surface area (Å²) in [6, 6.07) is 4.18. The molecule has 0 bridgehead atoms. The molecule has 1 aromatic carbocycles. The van der Waals surface area contributed by atoms with Crippen molar-refractivity contribution in [3.8, 4) is 0 Å². The highest BCUT2D eigenvalue weighted by molar-refractivity contribution is 6.24. The van der Waals surface area contributed by atoms with Crippen molar-refractivity contribution in [2.45, 2.75) is 77.0 Å². The number of carbonyl (C=O) groups is 5. The number of benzene rings is 1. The summed E-state index contributed by atoms with van der Waals surface area (Å²) in [5, 5.41) is 2.21. The van der Waals surface area contributed by atoms with Crippen molar-refractivity contribution < 1.29 is 33.4 Å². The lowest BCUT2D eigenvalue weighted by Gasteiger charge is -2.33. The van der Waals surface area contributed by atoms with E-state index in [1.807, 2.05) is 26.8 Å². The van der Waals surface area contributed by atoms with Gasteiger partial charge in [0.25, 0.3) is 11.8 Å². The molecule has 3 heterocycles. The third kappa shape index (κ3) is 5.59. The number of nitrogens with one attached hydrogen (secondary N) is 1. The van der Waals surface area contributed by atoms with Gasteiger partial charge in [0.05, 0.1) is 17.2 Å². The molecule has 36 heavy (non-hydrogen) atoms. The van der Waals surface area contributed by atoms with Crippen LogP contribution in [0.25, 0.3) is 0 Å². The molecule has 2 fully saturated rings. The van der Waals surface area contributed by atoms with Gasteiger partial charge in [-0.15, -0.1) is 0 Å². The van der Waals surface area contributed by atoms with Gasteiger partial charge in [-0.2, -0.15) is 0 Å². The van der Waals surface area contributed by atoms with E-state index in [1.54, 1.807) is 17.0 Å². The minimum atomic E-state index is -0.974. The van der Waals surface area contributed by atoms with E-state index < -0.39 is 35.3 Å². The summed E-state index contributed by atoms with van der Waals surface area (Å²) in [4.78, 5) is 64.8. The Labute approximate surface area is 210 Å². The SMILES string of the molecule is CC(C)(C)OC(=O)N1CCC(OCCCc2cccc3c2C(=O)N(C2CCC(=O)NC2=O)C3=O)CC1. The van der Waals surface area contributed by atoms with Crippen molar-refractivity contribution in [2.75, 3.05) is 19.7 Å². The molecule has 10 nitrogen and oxygen atoms in total. The zero-order chi connectivity index (χ0) is 26.0. The molecular weight excluding hydrogens is 466 g/mol. The number of imide groups is 2. The van der Waals surface area contributed by atoms with E-state index in [2.05, 4.69) is 5.32 Å². The molecule has 3 aliphatic rings. The molecule has 10 heteroatoms. The molecule has 3 aliphatic heterocycles. The molecule has 1 aromatic rings. The van der Waals surface area contributed by atoms with Gasteiger partial charge in [-0.3, -0.25) is 29.4 Å². The molecule has 1 unspecified atom stereocenters. The van der Waals surface area contributed by atoms with Gasteiger partial charge in [0.15, 0.2) is 0 Å². The van der Waals surface area contributed by atoms with Crippen molar-refractivity contribution >= 4 is 29.7 Å². The molecule has 0 saturated carbocycles. The van der Waals surface area contributed by atoms with E-state index >= 15 is 0 Å². The highest BCUT2D eigenvalue weighted by atomic mass is 16.6. The topological polar surface area (TPSA) is 122 Å². The molecule has 1 atom stereocenters. The highest BCUT2D eigenvalue weighted by Gasteiger charge is 2.45. The van der Waals surface area contributed by atoms with Crippen LogP contribution < -0.4 is 5.32 Å². The van der Waals surface area contributed by atoms with Crippen LogP contribution in [0.1, 0.15) is 79.2 Å². The largest absolute Gasteiger partial charge is 0.444 e. The number of aryl methyl sites for hydroxylation is 1. The summed E-state index contributed by atoms with van der Waals surface area (Å²) >= 11 is 0. The second kappa shape index (κ2) is 10.4. The number of hydrogen-bond donors (Lipinski definition) is 1. The van der Waals surface area contributed by atoms with Crippen molar-refractivity contribution in [3.05, 3.63) is 34.9 Å². The molecule has 0 aliphatic carbocycles. The number of hydrogen-bond acceptors (Lipinski definition) is 7. The Hall–Kier alpha value is -3.27. The Kier molecular flexibility index (Phi) is 7.44. The third-order valence-electron chi connectivity index (χ3n) is 6.59. The molecule has 194 valence electrons. The van der Waals surface area contributed by atoms with Gasteiger partial charge < -0.3 is 14.4 Å². The maximum atomic E-state index is 13.2. The normalized spacial score (nSPS) is 21.0. The fourth-order valence-electron chi connectivity index (χ4n) is 4.84. The maximum Gasteiger partial charge on any atom is 0.410 e. The fourth-order valence-corrected chi connectivity index (χ4v) is 4.84. The lowest BCUT2D eigenvalue weighted by molar-refractivity contribution is -0.136. The fraction of sp³-hybridized carbons (Fsp3) is 0.577. The number of piperidine rings is 2. The van der Waals surface area contributed by atoms with Crippen LogP contribution in [0.5, 0.6) is 0 Å². The minimum absolute atomic E-state index is 0.0522.